The first kappa shape index (κ1) is 13.1. The van der Waals surface area contributed by atoms with Crippen molar-refractivity contribution in [3.05, 3.63) is 0 Å². The van der Waals surface area contributed by atoms with Crippen LogP contribution in [0.15, 0.2) is 0 Å². The van der Waals surface area contributed by atoms with Crippen LogP contribution in [0.5, 0.6) is 0 Å². The van der Waals surface area contributed by atoms with Crippen molar-refractivity contribution in [1.82, 2.24) is 0 Å². The molecule has 0 aromatic rings. The summed E-state index contributed by atoms with van der Waals surface area (Å²) in [6.07, 6.45) is -0.706. The predicted octanol–water partition coefficient (Wildman–Crippen LogP) is -4.18. The molecule has 0 heterocycles. The largest absolute Gasteiger partial charge is 2.00 e. The third-order valence-electron chi connectivity index (χ3n) is 0.689. The number of carboxylic acid groups (broad SMARTS) is 2. The van der Waals surface area contributed by atoms with E-state index >= 15 is 0 Å². The van der Waals surface area contributed by atoms with E-state index in [-0.39, 0.29) is 48.9 Å². The van der Waals surface area contributed by atoms with Crippen LogP contribution in [-0.4, -0.2) is 66.9 Å². The van der Waals surface area contributed by atoms with E-state index in [4.69, 9.17) is 5.73 Å². The van der Waals surface area contributed by atoms with E-state index in [0.717, 1.165) is 0 Å². The van der Waals surface area contributed by atoms with Gasteiger partial charge in [-0.2, -0.15) is 0 Å². The maximum atomic E-state index is 9.71. The van der Waals surface area contributed by atoms with Gasteiger partial charge >= 0.3 is 48.9 Å². The molecule has 0 aliphatic rings. The van der Waals surface area contributed by atoms with E-state index in [1.54, 1.807) is 0 Å². The van der Waals surface area contributed by atoms with Gasteiger partial charge in [-0.05, 0) is 0 Å². The van der Waals surface area contributed by atoms with E-state index in [1.807, 2.05) is 0 Å². The molecule has 0 bridgehead atoms. The molecule has 0 unspecified atom stereocenters. The van der Waals surface area contributed by atoms with Crippen molar-refractivity contribution in [3.8, 4) is 0 Å². The zero-order valence-corrected chi connectivity index (χ0v) is 9.64. The van der Waals surface area contributed by atoms with Crippen LogP contribution < -0.4 is 15.9 Å². The summed E-state index contributed by atoms with van der Waals surface area (Å²) >= 11 is 0. The Bertz CT molecular complexity index is 137. The maximum Gasteiger partial charge on any atom is 2.00 e. The van der Waals surface area contributed by atoms with Gasteiger partial charge in [0.15, 0.2) is 0 Å². The van der Waals surface area contributed by atoms with Gasteiger partial charge in [0.05, 0.1) is 5.97 Å². The van der Waals surface area contributed by atoms with Gasteiger partial charge in [-0.3, -0.25) is 0 Å². The Labute approximate surface area is 97.7 Å². The zero-order valence-electron chi connectivity index (χ0n) is 5.20. The van der Waals surface area contributed by atoms with Crippen molar-refractivity contribution >= 4 is 60.8 Å². The SMILES string of the molecule is N[C@H](CC(=O)[O-])C(=O)[O-].[Ba+2]. The Hall–Kier alpha value is 0.471. The number of hydrogen-bond acceptors (Lipinski definition) is 5. The van der Waals surface area contributed by atoms with Crippen molar-refractivity contribution in [1.29, 1.82) is 0 Å². The van der Waals surface area contributed by atoms with Crippen molar-refractivity contribution in [2.75, 3.05) is 0 Å². The molecule has 0 aromatic heterocycles. The molecule has 0 saturated carbocycles. The summed E-state index contributed by atoms with van der Waals surface area (Å²) in [5, 5.41) is 19.3. The van der Waals surface area contributed by atoms with Crippen molar-refractivity contribution in [2.24, 2.45) is 5.73 Å². The van der Waals surface area contributed by atoms with E-state index in [9.17, 15) is 19.8 Å². The molecular weight excluding hydrogens is 263 g/mol. The average molecular weight is 268 g/mol. The molecule has 0 rings (SSSR count). The van der Waals surface area contributed by atoms with Gasteiger partial charge in [-0.15, -0.1) is 0 Å². The Morgan fingerprint density at radius 1 is 1.40 bits per heavy atom. The van der Waals surface area contributed by atoms with Crippen LogP contribution in [0.3, 0.4) is 0 Å². The predicted molar refractivity (Wildman–Crippen MR) is 28.4 cm³/mol. The van der Waals surface area contributed by atoms with Crippen molar-refractivity contribution in [3.63, 3.8) is 0 Å². The molecule has 0 spiro atoms. The molecule has 0 aliphatic heterocycles. The molecule has 6 heteroatoms. The van der Waals surface area contributed by atoms with Crippen LogP contribution in [0.4, 0.5) is 0 Å². The molecule has 52 valence electrons. The summed E-state index contributed by atoms with van der Waals surface area (Å²) in [6.45, 7) is 0. The van der Waals surface area contributed by atoms with Gasteiger partial charge in [0.2, 0.25) is 0 Å². The number of carbonyl (C=O) groups is 2. The van der Waals surface area contributed by atoms with Gasteiger partial charge in [-0.1, -0.05) is 0 Å². The number of hydrogen-bond donors (Lipinski definition) is 1. The minimum Gasteiger partial charge on any atom is -0.550 e. The molecule has 0 saturated heterocycles. The first-order chi connectivity index (χ1) is 4.04. The van der Waals surface area contributed by atoms with E-state index in [0.29, 0.717) is 0 Å². The normalized spacial score (nSPS) is 11.3. The van der Waals surface area contributed by atoms with E-state index < -0.39 is 24.4 Å². The molecule has 0 radical (unpaired) electrons. The first-order valence-corrected chi connectivity index (χ1v) is 2.20. The maximum absolute atomic E-state index is 9.71. The fourth-order valence-corrected chi connectivity index (χ4v) is 0.263. The molecule has 0 aliphatic carbocycles. The van der Waals surface area contributed by atoms with Gasteiger partial charge in [0, 0.05) is 18.4 Å². The van der Waals surface area contributed by atoms with Gasteiger partial charge in [-0.25, -0.2) is 0 Å². The standard InChI is InChI=1S/C4H7NO4.Ba/c5-2(4(8)9)1-3(6)7;/h2H,1,5H2,(H,6,7)(H,8,9);/q;+2/p-2/t2-;/m1./s1. The Balaban J connectivity index is 0. The quantitative estimate of drug-likeness (QED) is 0.523. The summed E-state index contributed by atoms with van der Waals surface area (Å²) in [5.41, 5.74) is 4.73. The van der Waals surface area contributed by atoms with Crippen molar-refractivity contribution < 1.29 is 19.8 Å². The summed E-state index contributed by atoms with van der Waals surface area (Å²) in [7, 11) is 0. The molecule has 0 amide bonds. The molecule has 0 aromatic carbocycles. The fraction of sp³-hybridized carbons (Fsp3) is 0.500. The second kappa shape index (κ2) is 6.20. The Kier molecular flexibility index (Phi) is 8.11. The molecule has 10 heavy (non-hydrogen) atoms. The average Bonchev–Trinajstić information content (AvgIpc) is 1.63. The Morgan fingerprint density at radius 3 is 1.90 bits per heavy atom. The minimum atomic E-state index is -1.58. The fourth-order valence-electron chi connectivity index (χ4n) is 0.263. The van der Waals surface area contributed by atoms with Crippen LogP contribution in [0, 0.1) is 0 Å². The van der Waals surface area contributed by atoms with Crippen molar-refractivity contribution in [2.45, 2.75) is 12.5 Å². The van der Waals surface area contributed by atoms with Crippen LogP contribution in [0.2, 0.25) is 0 Å². The third kappa shape index (κ3) is 6.59. The topological polar surface area (TPSA) is 106 Å². The van der Waals surface area contributed by atoms with E-state index in [2.05, 4.69) is 0 Å². The third-order valence-corrected chi connectivity index (χ3v) is 0.689. The summed E-state index contributed by atoms with van der Waals surface area (Å²) in [5.74, 6) is -3.08. The van der Waals surface area contributed by atoms with Crippen LogP contribution in [0.1, 0.15) is 6.42 Å². The number of aliphatic carboxylic acids is 2. The summed E-state index contributed by atoms with van der Waals surface area (Å²) < 4.78 is 0. The number of carboxylic acids is 2. The smallest absolute Gasteiger partial charge is 0.550 e. The first-order valence-electron chi connectivity index (χ1n) is 2.20. The Morgan fingerprint density at radius 2 is 1.80 bits per heavy atom. The van der Waals surface area contributed by atoms with Gasteiger partial charge < -0.3 is 25.5 Å². The second-order valence-corrected chi connectivity index (χ2v) is 1.50. The monoisotopic (exact) mass is 269 g/mol. The molecular formula is C4H5BaNO4. The van der Waals surface area contributed by atoms with Crippen LogP contribution >= 0.6 is 0 Å². The number of rotatable bonds is 3. The molecule has 2 N–H and O–H groups in total. The number of nitrogens with two attached hydrogens (primary N) is 1. The molecule has 0 fully saturated rings. The molecule has 5 nitrogen and oxygen atoms in total. The zero-order chi connectivity index (χ0) is 7.44. The summed E-state index contributed by atoms with van der Waals surface area (Å²) in [6, 6.07) is -1.46. The summed E-state index contributed by atoms with van der Waals surface area (Å²) in [4.78, 5) is 19.3. The van der Waals surface area contributed by atoms with Gasteiger partial charge in [0.25, 0.3) is 0 Å². The number of carbonyl (C=O) groups excluding carboxylic acids is 2. The van der Waals surface area contributed by atoms with Crippen LogP contribution in [0.25, 0.3) is 0 Å². The second-order valence-electron chi connectivity index (χ2n) is 1.50. The van der Waals surface area contributed by atoms with Gasteiger partial charge in [0.1, 0.15) is 0 Å². The van der Waals surface area contributed by atoms with Crippen LogP contribution in [-0.2, 0) is 9.59 Å². The minimum absolute atomic E-state index is 0. The van der Waals surface area contributed by atoms with E-state index in [1.165, 1.54) is 0 Å². The molecule has 1 atom stereocenters.